The van der Waals surface area contributed by atoms with Crippen LogP contribution >= 0.6 is 39.1 Å². The molecule has 12 heavy (non-hydrogen) atoms. The summed E-state index contributed by atoms with van der Waals surface area (Å²) in [6, 6.07) is 5.26. The predicted molar refractivity (Wildman–Crippen MR) is 57.1 cm³/mol. The molecule has 0 amide bonds. The minimum Gasteiger partial charge on any atom is -0.0863 e. The van der Waals surface area contributed by atoms with Gasteiger partial charge in [0.15, 0.2) is 0 Å². The van der Waals surface area contributed by atoms with Crippen LogP contribution in [0.4, 0.5) is 0 Å². The molecule has 0 unspecified atom stereocenters. The Morgan fingerprint density at radius 3 is 2.67 bits per heavy atom. The van der Waals surface area contributed by atoms with Crippen molar-refractivity contribution in [1.29, 1.82) is 0 Å². The van der Waals surface area contributed by atoms with Gasteiger partial charge in [0.1, 0.15) is 0 Å². The number of benzene rings is 1. The Morgan fingerprint density at radius 2 is 2.08 bits per heavy atom. The van der Waals surface area contributed by atoms with Gasteiger partial charge >= 0.3 is 0 Å². The molecule has 0 aliphatic rings. The van der Waals surface area contributed by atoms with E-state index in [-0.39, 0.29) is 0 Å². The molecule has 0 bridgehead atoms. The fourth-order valence-electron chi connectivity index (χ4n) is 0.719. The molecule has 0 heterocycles. The minimum atomic E-state index is 0.593. The van der Waals surface area contributed by atoms with Crippen molar-refractivity contribution >= 4 is 39.1 Å². The van der Waals surface area contributed by atoms with E-state index in [9.17, 15) is 0 Å². The fourth-order valence-corrected chi connectivity index (χ4v) is 1.32. The zero-order valence-corrected chi connectivity index (χ0v) is 9.17. The van der Waals surface area contributed by atoms with Crippen molar-refractivity contribution in [3.05, 3.63) is 33.8 Å². The van der Waals surface area contributed by atoms with Crippen LogP contribution in [-0.4, -0.2) is 5.33 Å². The maximum Gasteiger partial charge on any atom is 0.0649 e. The second-order valence-electron chi connectivity index (χ2n) is 2.06. The summed E-state index contributed by atoms with van der Waals surface area (Å²) in [5.41, 5.74) is 0.806. The summed E-state index contributed by atoms with van der Waals surface area (Å²) in [5, 5.41) is 1.87. The quantitative estimate of drug-likeness (QED) is 0.494. The molecule has 0 spiro atoms. The summed E-state index contributed by atoms with van der Waals surface area (Å²) in [7, 11) is 0. The highest BCUT2D eigenvalue weighted by molar-refractivity contribution is 9.09. The Bertz CT molecular complexity index is 336. The van der Waals surface area contributed by atoms with E-state index in [1.54, 1.807) is 18.2 Å². The molecule has 0 atom stereocenters. The Balaban J connectivity index is 3.01. The lowest BCUT2D eigenvalue weighted by Crippen LogP contribution is -1.76. The zero-order chi connectivity index (χ0) is 8.97. The SMILES string of the molecule is Clc1ccc(C#CCBr)c(Cl)c1. The van der Waals surface area contributed by atoms with Crippen LogP contribution in [-0.2, 0) is 0 Å². The molecule has 62 valence electrons. The molecule has 0 radical (unpaired) electrons. The molecule has 0 nitrogen and oxygen atoms in total. The van der Waals surface area contributed by atoms with E-state index in [1.807, 2.05) is 0 Å². The number of alkyl halides is 1. The Kier molecular flexibility index (Phi) is 3.94. The third kappa shape index (κ3) is 2.71. The van der Waals surface area contributed by atoms with E-state index in [0.29, 0.717) is 15.4 Å². The van der Waals surface area contributed by atoms with Crippen LogP contribution < -0.4 is 0 Å². The monoisotopic (exact) mass is 262 g/mol. The summed E-state index contributed by atoms with van der Waals surface area (Å²) in [6.45, 7) is 0. The Labute approximate surface area is 90.0 Å². The van der Waals surface area contributed by atoms with Crippen molar-refractivity contribution in [3.63, 3.8) is 0 Å². The van der Waals surface area contributed by atoms with Crippen LogP contribution in [0, 0.1) is 11.8 Å². The van der Waals surface area contributed by atoms with Crippen LogP contribution in [0.2, 0.25) is 10.0 Å². The van der Waals surface area contributed by atoms with Crippen molar-refractivity contribution in [1.82, 2.24) is 0 Å². The third-order valence-electron chi connectivity index (χ3n) is 1.22. The van der Waals surface area contributed by atoms with Crippen LogP contribution in [0.1, 0.15) is 5.56 Å². The molecule has 0 saturated heterocycles. The first-order valence-electron chi connectivity index (χ1n) is 3.24. The average Bonchev–Trinajstić information content (AvgIpc) is 2.03. The highest BCUT2D eigenvalue weighted by Gasteiger charge is 1.96. The van der Waals surface area contributed by atoms with Gasteiger partial charge < -0.3 is 0 Å². The van der Waals surface area contributed by atoms with E-state index in [0.717, 1.165) is 5.56 Å². The van der Waals surface area contributed by atoms with Gasteiger partial charge in [0, 0.05) is 10.6 Å². The Morgan fingerprint density at radius 1 is 1.33 bits per heavy atom. The molecule has 3 heteroatoms. The summed E-state index contributed by atoms with van der Waals surface area (Å²) < 4.78 is 0. The first kappa shape index (κ1) is 9.92. The molecule has 1 aromatic carbocycles. The molecule has 0 aromatic heterocycles. The molecule has 0 aliphatic heterocycles. The van der Waals surface area contributed by atoms with Crippen LogP contribution in [0.15, 0.2) is 18.2 Å². The third-order valence-corrected chi connectivity index (χ3v) is 2.05. The van der Waals surface area contributed by atoms with Gasteiger partial charge in [-0.05, 0) is 18.2 Å². The van der Waals surface area contributed by atoms with Gasteiger partial charge in [-0.1, -0.05) is 51.0 Å². The largest absolute Gasteiger partial charge is 0.0863 e. The lowest BCUT2D eigenvalue weighted by molar-refractivity contribution is 1.64. The molecular weight excluding hydrogens is 259 g/mol. The van der Waals surface area contributed by atoms with E-state index in [1.165, 1.54) is 0 Å². The van der Waals surface area contributed by atoms with E-state index < -0.39 is 0 Å². The predicted octanol–water partition coefficient (Wildman–Crippen LogP) is 3.74. The van der Waals surface area contributed by atoms with Gasteiger partial charge in [0.05, 0.1) is 10.4 Å². The first-order chi connectivity index (χ1) is 5.74. The standard InChI is InChI=1S/C9H5BrCl2/c10-5-1-2-7-3-4-8(11)6-9(7)12/h3-4,6H,5H2. The zero-order valence-electron chi connectivity index (χ0n) is 6.07. The lowest BCUT2D eigenvalue weighted by atomic mass is 10.2. The smallest absolute Gasteiger partial charge is 0.0649 e. The topological polar surface area (TPSA) is 0 Å². The van der Waals surface area contributed by atoms with Gasteiger partial charge in [-0.15, -0.1) is 0 Å². The summed E-state index contributed by atoms with van der Waals surface area (Å²) >= 11 is 14.8. The lowest BCUT2D eigenvalue weighted by Gasteiger charge is -1.94. The van der Waals surface area contributed by atoms with Crippen molar-refractivity contribution in [2.24, 2.45) is 0 Å². The van der Waals surface area contributed by atoms with Gasteiger partial charge in [-0.25, -0.2) is 0 Å². The molecule has 1 aromatic rings. The van der Waals surface area contributed by atoms with E-state index >= 15 is 0 Å². The summed E-state index contributed by atoms with van der Waals surface area (Å²) in [4.78, 5) is 0. The number of hydrogen-bond acceptors (Lipinski definition) is 0. The van der Waals surface area contributed by atoms with Crippen LogP contribution in [0.3, 0.4) is 0 Å². The number of halogens is 3. The molecule has 0 fully saturated rings. The van der Waals surface area contributed by atoms with Crippen molar-refractivity contribution in [2.75, 3.05) is 5.33 Å². The highest BCUT2D eigenvalue weighted by atomic mass is 79.9. The van der Waals surface area contributed by atoms with Crippen molar-refractivity contribution in [3.8, 4) is 11.8 Å². The normalized spacial score (nSPS) is 8.92. The molecule has 0 saturated carbocycles. The van der Waals surface area contributed by atoms with E-state index in [4.69, 9.17) is 23.2 Å². The van der Waals surface area contributed by atoms with Gasteiger partial charge in [-0.2, -0.15) is 0 Å². The summed E-state index contributed by atoms with van der Waals surface area (Å²) in [6.07, 6.45) is 0. The second-order valence-corrected chi connectivity index (χ2v) is 3.46. The number of rotatable bonds is 0. The maximum absolute atomic E-state index is 5.86. The van der Waals surface area contributed by atoms with Gasteiger partial charge in [0.2, 0.25) is 0 Å². The van der Waals surface area contributed by atoms with Crippen molar-refractivity contribution < 1.29 is 0 Å². The van der Waals surface area contributed by atoms with Crippen molar-refractivity contribution in [2.45, 2.75) is 0 Å². The maximum atomic E-state index is 5.86. The average molecular weight is 264 g/mol. The first-order valence-corrected chi connectivity index (χ1v) is 5.11. The highest BCUT2D eigenvalue weighted by Crippen LogP contribution is 2.19. The van der Waals surface area contributed by atoms with Gasteiger partial charge in [0.25, 0.3) is 0 Å². The Hall–Kier alpha value is -0.160. The molecule has 0 N–H and O–H groups in total. The molecule has 1 rings (SSSR count). The van der Waals surface area contributed by atoms with Crippen LogP contribution in [0.5, 0.6) is 0 Å². The molecule has 0 aliphatic carbocycles. The van der Waals surface area contributed by atoms with Gasteiger partial charge in [-0.3, -0.25) is 0 Å². The summed E-state index contributed by atoms with van der Waals surface area (Å²) in [5.74, 6) is 5.77. The minimum absolute atomic E-state index is 0.593. The number of hydrogen-bond donors (Lipinski definition) is 0. The second kappa shape index (κ2) is 4.77. The van der Waals surface area contributed by atoms with Crippen LogP contribution in [0.25, 0.3) is 0 Å². The fraction of sp³-hybridized carbons (Fsp3) is 0.111. The van der Waals surface area contributed by atoms with E-state index in [2.05, 4.69) is 27.8 Å². The molecular formula is C9H5BrCl2.